The first-order valence-electron chi connectivity index (χ1n) is 6.72. The van der Waals surface area contributed by atoms with Crippen LogP contribution in [0.25, 0.3) is 0 Å². The molecule has 2 heteroatoms. The van der Waals surface area contributed by atoms with Gasteiger partial charge in [0.05, 0.1) is 0 Å². The number of carbonyl (C=O) groups excluding carboxylic acids is 1. The van der Waals surface area contributed by atoms with Crippen molar-refractivity contribution in [3.63, 3.8) is 0 Å². The molecule has 0 bridgehead atoms. The van der Waals surface area contributed by atoms with E-state index in [-0.39, 0.29) is 0 Å². The molecule has 2 nitrogen and oxygen atoms in total. The molecule has 1 heterocycles. The summed E-state index contributed by atoms with van der Waals surface area (Å²) >= 11 is 0. The molecule has 1 fully saturated rings. The zero-order valence-corrected chi connectivity index (χ0v) is 11.6. The second-order valence-corrected chi connectivity index (χ2v) is 5.53. The fraction of sp³-hybridized carbons (Fsp3) is 0.562. The molecule has 98 valence electrons. The minimum absolute atomic E-state index is 0.348. The summed E-state index contributed by atoms with van der Waals surface area (Å²) in [4.78, 5) is 12.1. The van der Waals surface area contributed by atoms with Crippen molar-refractivity contribution >= 4 is 5.78 Å². The van der Waals surface area contributed by atoms with Gasteiger partial charge in [-0.25, -0.2) is 0 Å². The summed E-state index contributed by atoms with van der Waals surface area (Å²) < 4.78 is 5.32. The molecule has 18 heavy (non-hydrogen) atoms. The van der Waals surface area contributed by atoms with Crippen molar-refractivity contribution in [3.8, 4) is 0 Å². The normalized spacial score (nSPS) is 19.2. The lowest BCUT2D eigenvalue weighted by atomic mass is 9.92. The maximum atomic E-state index is 12.1. The molecule has 1 atom stereocenters. The summed E-state index contributed by atoms with van der Waals surface area (Å²) in [5.74, 6) is 0.795. The van der Waals surface area contributed by atoms with E-state index in [4.69, 9.17) is 4.74 Å². The zero-order chi connectivity index (χ0) is 13.1. The van der Waals surface area contributed by atoms with Crippen molar-refractivity contribution < 1.29 is 9.53 Å². The van der Waals surface area contributed by atoms with Crippen LogP contribution in [0.2, 0.25) is 0 Å². The van der Waals surface area contributed by atoms with E-state index in [2.05, 4.69) is 32.9 Å². The van der Waals surface area contributed by atoms with Crippen molar-refractivity contribution in [1.29, 1.82) is 0 Å². The van der Waals surface area contributed by atoms with Gasteiger partial charge in [0, 0.05) is 26.1 Å². The lowest BCUT2D eigenvalue weighted by molar-refractivity contribution is -0.119. The number of aryl methyl sites for hydroxylation is 3. The number of Topliss-reactive ketones (excluding diaryl/α,β-unsaturated/α-hetero) is 1. The molecule has 1 aliphatic rings. The van der Waals surface area contributed by atoms with Gasteiger partial charge in [-0.1, -0.05) is 17.7 Å². The lowest BCUT2D eigenvalue weighted by Crippen LogP contribution is -2.12. The SMILES string of the molecule is Cc1cc(C)c(CC(=O)CC2CCOC2)c(C)c1. The smallest absolute Gasteiger partial charge is 0.137 e. The summed E-state index contributed by atoms with van der Waals surface area (Å²) in [5.41, 5.74) is 4.96. The maximum absolute atomic E-state index is 12.1. The van der Waals surface area contributed by atoms with Gasteiger partial charge in [0.25, 0.3) is 0 Å². The number of hydrogen-bond acceptors (Lipinski definition) is 2. The molecule has 1 unspecified atom stereocenters. The average Bonchev–Trinajstić information content (AvgIpc) is 2.76. The molecule has 1 aliphatic heterocycles. The van der Waals surface area contributed by atoms with Crippen LogP contribution < -0.4 is 0 Å². The molecular weight excluding hydrogens is 224 g/mol. The van der Waals surface area contributed by atoms with Crippen LogP contribution in [0, 0.1) is 26.7 Å². The van der Waals surface area contributed by atoms with Crippen molar-refractivity contribution in [2.24, 2.45) is 5.92 Å². The van der Waals surface area contributed by atoms with Gasteiger partial charge >= 0.3 is 0 Å². The topological polar surface area (TPSA) is 26.3 Å². The predicted molar refractivity (Wildman–Crippen MR) is 72.9 cm³/mol. The van der Waals surface area contributed by atoms with E-state index >= 15 is 0 Å². The Labute approximate surface area is 109 Å². The Balaban J connectivity index is 2.02. The highest BCUT2D eigenvalue weighted by molar-refractivity contribution is 5.81. The predicted octanol–water partition coefficient (Wildman–Crippen LogP) is 3.15. The number of ketones is 1. The third kappa shape index (κ3) is 3.20. The number of hydrogen-bond donors (Lipinski definition) is 0. The Kier molecular flexibility index (Phi) is 4.18. The molecule has 1 saturated heterocycles. The minimum atomic E-state index is 0.348. The molecule has 0 spiro atoms. The van der Waals surface area contributed by atoms with E-state index in [1.165, 1.54) is 22.3 Å². The highest BCUT2D eigenvalue weighted by atomic mass is 16.5. The summed E-state index contributed by atoms with van der Waals surface area (Å²) in [6, 6.07) is 4.32. The van der Waals surface area contributed by atoms with Crippen LogP contribution in [0.4, 0.5) is 0 Å². The molecule has 0 aliphatic carbocycles. The van der Waals surface area contributed by atoms with Crippen molar-refractivity contribution in [1.82, 2.24) is 0 Å². The fourth-order valence-electron chi connectivity index (χ4n) is 2.82. The molecule has 0 saturated carbocycles. The van der Waals surface area contributed by atoms with Crippen LogP contribution in [0.3, 0.4) is 0 Å². The fourth-order valence-corrected chi connectivity index (χ4v) is 2.82. The Hall–Kier alpha value is -1.15. The lowest BCUT2D eigenvalue weighted by Gasteiger charge is -2.12. The first kappa shape index (κ1) is 13.3. The Morgan fingerprint density at radius 1 is 1.28 bits per heavy atom. The molecule has 0 N–H and O–H groups in total. The second-order valence-electron chi connectivity index (χ2n) is 5.53. The number of benzene rings is 1. The van der Waals surface area contributed by atoms with E-state index in [0.717, 1.165) is 19.6 Å². The van der Waals surface area contributed by atoms with E-state index in [1.807, 2.05) is 0 Å². The van der Waals surface area contributed by atoms with Gasteiger partial charge in [0.1, 0.15) is 5.78 Å². The summed E-state index contributed by atoms with van der Waals surface area (Å²) in [5, 5.41) is 0. The Morgan fingerprint density at radius 3 is 2.50 bits per heavy atom. The molecule has 1 aromatic carbocycles. The quantitative estimate of drug-likeness (QED) is 0.815. The minimum Gasteiger partial charge on any atom is -0.381 e. The summed E-state index contributed by atoms with van der Waals surface area (Å²) in [6.07, 6.45) is 2.29. The van der Waals surface area contributed by atoms with Gasteiger partial charge in [0.15, 0.2) is 0 Å². The largest absolute Gasteiger partial charge is 0.381 e. The first-order chi connectivity index (χ1) is 8.56. The van der Waals surface area contributed by atoms with Crippen LogP contribution in [-0.2, 0) is 16.0 Å². The summed E-state index contributed by atoms with van der Waals surface area (Å²) in [6.45, 7) is 7.88. The number of carbonyl (C=O) groups is 1. The van der Waals surface area contributed by atoms with E-state index < -0.39 is 0 Å². The Bertz CT molecular complexity index is 419. The van der Waals surface area contributed by atoms with Gasteiger partial charge in [-0.05, 0) is 49.8 Å². The third-order valence-corrected chi connectivity index (χ3v) is 3.75. The highest BCUT2D eigenvalue weighted by Gasteiger charge is 2.19. The molecule has 0 aromatic heterocycles. The summed E-state index contributed by atoms with van der Waals surface area (Å²) in [7, 11) is 0. The van der Waals surface area contributed by atoms with Crippen molar-refractivity contribution in [2.45, 2.75) is 40.0 Å². The van der Waals surface area contributed by atoms with Crippen LogP contribution in [0.5, 0.6) is 0 Å². The number of ether oxygens (including phenoxy) is 1. The van der Waals surface area contributed by atoms with Crippen LogP contribution in [0.15, 0.2) is 12.1 Å². The molecule has 1 aromatic rings. The standard InChI is InChI=1S/C16H22O2/c1-11-6-12(2)16(13(3)7-11)9-15(17)8-14-4-5-18-10-14/h6-7,14H,4-5,8-10H2,1-3H3. The third-order valence-electron chi connectivity index (χ3n) is 3.75. The van der Waals surface area contributed by atoms with Gasteiger partial charge < -0.3 is 4.74 Å². The zero-order valence-electron chi connectivity index (χ0n) is 11.6. The van der Waals surface area contributed by atoms with Crippen LogP contribution >= 0.6 is 0 Å². The highest BCUT2D eigenvalue weighted by Crippen LogP contribution is 2.21. The van der Waals surface area contributed by atoms with Gasteiger partial charge in [-0.15, -0.1) is 0 Å². The first-order valence-corrected chi connectivity index (χ1v) is 6.72. The van der Waals surface area contributed by atoms with E-state index in [0.29, 0.717) is 24.5 Å². The van der Waals surface area contributed by atoms with E-state index in [9.17, 15) is 4.79 Å². The van der Waals surface area contributed by atoms with Crippen molar-refractivity contribution in [2.75, 3.05) is 13.2 Å². The monoisotopic (exact) mass is 246 g/mol. The van der Waals surface area contributed by atoms with Crippen LogP contribution in [-0.4, -0.2) is 19.0 Å². The molecule has 0 amide bonds. The van der Waals surface area contributed by atoms with Crippen LogP contribution in [0.1, 0.15) is 35.1 Å². The van der Waals surface area contributed by atoms with E-state index in [1.54, 1.807) is 0 Å². The maximum Gasteiger partial charge on any atom is 0.137 e. The molecule has 0 radical (unpaired) electrons. The molecular formula is C16H22O2. The average molecular weight is 246 g/mol. The van der Waals surface area contributed by atoms with Gasteiger partial charge in [-0.2, -0.15) is 0 Å². The Morgan fingerprint density at radius 2 is 1.94 bits per heavy atom. The second kappa shape index (κ2) is 5.66. The number of rotatable bonds is 4. The van der Waals surface area contributed by atoms with Gasteiger partial charge in [0.2, 0.25) is 0 Å². The van der Waals surface area contributed by atoms with Gasteiger partial charge in [-0.3, -0.25) is 4.79 Å². The van der Waals surface area contributed by atoms with Crippen molar-refractivity contribution in [3.05, 3.63) is 34.4 Å². The molecule has 2 rings (SSSR count).